The average molecular weight is 361 g/mol. The van der Waals surface area contributed by atoms with Crippen LogP contribution in [0, 0.1) is 6.92 Å². The lowest BCUT2D eigenvalue weighted by molar-refractivity contribution is 0.262. The lowest BCUT2D eigenvalue weighted by atomic mass is 10.2. The van der Waals surface area contributed by atoms with E-state index in [1.165, 1.54) is 0 Å². The Morgan fingerprint density at radius 1 is 1.05 bits per heavy atom. The van der Waals surface area contributed by atoms with E-state index >= 15 is 0 Å². The molecule has 4 N–H and O–H groups in total. The summed E-state index contributed by atoms with van der Waals surface area (Å²) >= 11 is 3.38. The minimum Gasteiger partial charge on any atom is -0.308 e. The Labute approximate surface area is 134 Å². The van der Waals surface area contributed by atoms with Crippen molar-refractivity contribution in [2.75, 3.05) is 10.6 Å². The minimum atomic E-state index is -0.345. The van der Waals surface area contributed by atoms with Crippen LogP contribution in [-0.2, 0) is 0 Å². The Morgan fingerprint density at radius 2 is 1.82 bits per heavy atom. The van der Waals surface area contributed by atoms with Crippen LogP contribution in [-0.4, -0.2) is 16.0 Å². The maximum absolute atomic E-state index is 12.0. The highest BCUT2D eigenvalue weighted by molar-refractivity contribution is 9.10. The summed E-state index contributed by atoms with van der Waals surface area (Å²) in [4.78, 5) is 28.6. The average Bonchev–Trinajstić information content (AvgIpc) is 2.81. The lowest BCUT2D eigenvalue weighted by Gasteiger charge is -2.10. The number of rotatable bonds is 2. The number of hydrogen-bond acceptors (Lipinski definition) is 2. The van der Waals surface area contributed by atoms with Gasteiger partial charge in [-0.05, 0) is 48.9 Å². The summed E-state index contributed by atoms with van der Waals surface area (Å²) in [7, 11) is 0. The maximum atomic E-state index is 12.0. The Morgan fingerprint density at radius 3 is 2.59 bits per heavy atom. The molecule has 3 aromatic rings. The number of imidazole rings is 1. The molecule has 0 aliphatic carbocycles. The monoisotopic (exact) mass is 360 g/mol. The second kappa shape index (κ2) is 5.69. The van der Waals surface area contributed by atoms with E-state index in [2.05, 4.69) is 36.5 Å². The Bertz CT molecular complexity index is 913. The molecule has 2 amide bonds. The van der Waals surface area contributed by atoms with Gasteiger partial charge >= 0.3 is 11.7 Å². The summed E-state index contributed by atoms with van der Waals surface area (Å²) < 4.78 is 0.956. The summed E-state index contributed by atoms with van der Waals surface area (Å²) in [5, 5.41) is 5.52. The molecule has 7 heteroatoms. The van der Waals surface area contributed by atoms with Crippen molar-refractivity contribution < 1.29 is 4.79 Å². The number of hydrogen-bond donors (Lipinski definition) is 4. The molecule has 0 saturated heterocycles. The first-order valence-electron chi connectivity index (χ1n) is 6.57. The van der Waals surface area contributed by atoms with E-state index in [1.807, 2.05) is 25.1 Å². The molecule has 3 rings (SSSR count). The zero-order chi connectivity index (χ0) is 15.7. The zero-order valence-corrected chi connectivity index (χ0v) is 13.2. The zero-order valence-electron chi connectivity index (χ0n) is 11.7. The van der Waals surface area contributed by atoms with Crippen molar-refractivity contribution in [1.29, 1.82) is 0 Å². The highest BCUT2D eigenvalue weighted by Gasteiger charge is 2.06. The van der Waals surface area contributed by atoms with Crippen LogP contribution in [0.4, 0.5) is 16.2 Å². The van der Waals surface area contributed by atoms with Crippen molar-refractivity contribution >= 4 is 44.4 Å². The second-order valence-corrected chi connectivity index (χ2v) is 5.79. The number of carbonyl (C=O) groups is 1. The molecule has 0 bridgehead atoms. The number of benzene rings is 2. The molecule has 0 radical (unpaired) electrons. The number of anilines is 2. The van der Waals surface area contributed by atoms with Crippen LogP contribution in [0.15, 0.2) is 45.7 Å². The van der Waals surface area contributed by atoms with Crippen molar-refractivity contribution in [3.05, 3.63) is 56.9 Å². The largest absolute Gasteiger partial charge is 0.323 e. The fourth-order valence-corrected chi connectivity index (χ4v) is 2.64. The fourth-order valence-electron chi connectivity index (χ4n) is 2.16. The Balaban J connectivity index is 1.76. The van der Waals surface area contributed by atoms with E-state index in [9.17, 15) is 9.59 Å². The number of H-pyrrole nitrogens is 2. The predicted octanol–water partition coefficient (Wildman–Crippen LogP) is 3.57. The van der Waals surface area contributed by atoms with Crippen LogP contribution in [0.3, 0.4) is 0 Å². The van der Waals surface area contributed by atoms with Crippen LogP contribution < -0.4 is 16.3 Å². The number of aromatic amines is 2. The number of carbonyl (C=O) groups excluding carboxylic acids is 1. The summed E-state index contributed by atoms with van der Waals surface area (Å²) in [6.07, 6.45) is 0. The van der Waals surface area contributed by atoms with E-state index < -0.39 is 0 Å². The molecule has 0 saturated carbocycles. The molecule has 2 aromatic carbocycles. The smallest absolute Gasteiger partial charge is 0.308 e. The van der Waals surface area contributed by atoms with Gasteiger partial charge in [-0.15, -0.1) is 0 Å². The number of halogens is 1. The molecule has 112 valence electrons. The maximum Gasteiger partial charge on any atom is 0.323 e. The second-order valence-electron chi connectivity index (χ2n) is 4.88. The molecule has 22 heavy (non-hydrogen) atoms. The molecule has 1 heterocycles. The molecule has 1 aromatic heterocycles. The Kier molecular flexibility index (Phi) is 3.72. The standard InChI is InChI=1S/C15H13BrN4O2/c1-8-6-9(16)2-4-11(8)18-14(21)17-10-3-5-12-13(7-10)20-15(22)19-12/h2-7H,1H3,(H2,17,18,21)(H2,19,20,22). The number of fused-ring (bicyclic) bond motifs is 1. The first-order chi connectivity index (χ1) is 10.5. The third-order valence-electron chi connectivity index (χ3n) is 3.21. The number of aryl methyl sites for hydroxylation is 1. The van der Waals surface area contributed by atoms with Gasteiger partial charge in [0, 0.05) is 15.8 Å². The SMILES string of the molecule is Cc1cc(Br)ccc1NC(=O)Nc1ccc2[nH]c(=O)[nH]c2c1. The fraction of sp³-hybridized carbons (Fsp3) is 0.0667. The highest BCUT2D eigenvalue weighted by Crippen LogP contribution is 2.20. The van der Waals surface area contributed by atoms with Gasteiger partial charge in [-0.2, -0.15) is 0 Å². The van der Waals surface area contributed by atoms with Gasteiger partial charge in [0.2, 0.25) is 0 Å². The van der Waals surface area contributed by atoms with Gasteiger partial charge in [-0.1, -0.05) is 15.9 Å². The van der Waals surface area contributed by atoms with Gasteiger partial charge in [0.05, 0.1) is 11.0 Å². The number of nitrogens with one attached hydrogen (secondary N) is 4. The summed E-state index contributed by atoms with van der Waals surface area (Å²) in [5.74, 6) is 0. The number of urea groups is 1. The molecule has 0 aliphatic rings. The highest BCUT2D eigenvalue weighted by atomic mass is 79.9. The summed E-state index contributed by atoms with van der Waals surface area (Å²) in [6, 6.07) is 10.4. The predicted molar refractivity (Wildman–Crippen MR) is 90.4 cm³/mol. The van der Waals surface area contributed by atoms with Gasteiger partial charge in [-0.3, -0.25) is 0 Å². The van der Waals surface area contributed by atoms with Crippen LogP contribution in [0.2, 0.25) is 0 Å². The van der Waals surface area contributed by atoms with Crippen LogP contribution in [0.25, 0.3) is 11.0 Å². The normalized spacial score (nSPS) is 10.6. The summed E-state index contributed by atoms with van der Waals surface area (Å²) in [5.41, 5.74) is 3.34. The van der Waals surface area contributed by atoms with Gasteiger partial charge < -0.3 is 20.6 Å². The van der Waals surface area contributed by atoms with Gasteiger partial charge in [0.15, 0.2) is 0 Å². The first-order valence-corrected chi connectivity index (χ1v) is 7.37. The van der Waals surface area contributed by atoms with E-state index in [0.29, 0.717) is 16.7 Å². The van der Waals surface area contributed by atoms with Crippen LogP contribution >= 0.6 is 15.9 Å². The van der Waals surface area contributed by atoms with Crippen molar-refractivity contribution in [1.82, 2.24) is 9.97 Å². The van der Waals surface area contributed by atoms with E-state index in [1.54, 1.807) is 18.2 Å². The molecule has 0 atom stereocenters. The number of aromatic nitrogens is 2. The van der Waals surface area contributed by atoms with E-state index in [4.69, 9.17) is 0 Å². The van der Waals surface area contributed by atoms with Gasteiger partial charge in [0.25, 0.3) is 0 Å². The third kappa shape index (κ3) is 3.04. The molecule has 6 nitrogen and oxygen atoms in total. The quantitative estimate of drug-likeness (QED) is 0.562. The minimum absolute atomic E-state index is 0.276. The van der Waals surface area contributed by atoms with Crippen LogP contribution in [0.5, 0.6) is 0 Å². The van der Waals surface area contributed by atoms with Crippen molar-refractivity contribution in [3.63, 3.8) is 0 Å². The molecule has 0 unspecified atom stereocenters. The van der Waals surface area contributed by atoms with Crippen molar-refractivity contribution in [2.45, 2.75) is 6.92 Å². The Hall–Kier alpha value is -2.54. The topological polar surface area (TPSA) is 89.8 Å². The number of amides is 2. The first kappa shape index (κ1) is 14.4. The lowest BCUT2D eigenvalue weighted by Crippen LogP contribution is -2.19. The molecular formula is C15H13BrN4O2. The molecular weight excluding hydrogens is 348 g/mol. The van der Waals surface area contributed by atoms with Crippen molar-refractivity contribution in [3.8, 4) is 0 Å². The molecule has 0 aliphatic heterocycles. The van der Waals surface area contributed by atoms with E-state index in [-0.39, 0.29) is 11.7 Å². The van der Waals surface area contributed by atoms with Gasteiger partial charge in [0.1, 0.15) is 0 Å². The van der Waals surface area contributed by atoms with Crippen molar-refractivity contribution in [2.24, 2.45) is 0 Å². The van der Waals surface area contributed by atoms with Gasteiger partial charge in [-0.25, -0.2) is 9.59 Å². The van der Waals surface area contributed by atoms with E-state index in [0.717, 1.165) is 15.7 Å². The van der Waals surface area contributed by atoms with Crippen LogP contribution in [0.1, 0.15) is 5.56 Å². The molecule has 0 fully saturated rings. The third-order valence-corrected chi connectivity index (χ3v) is 3.70. The summed E-state index contributed by atoms with van der Waals surface area (Å²) in [6.45, 7) is 1.91. The molecule has 0 spiro atoms.